The molecule has 0 bridgehead atoms. The van der Waals surface area contributed by atoms with E-state index in [2.05, 4.69) is 48.3 Å². The Kier molecular flexibility index (Phi) is 1.48. The van der Waals surface area contributed by atoms with Crippen LogP contribution in [0.3, 0.4) is 0 Å². The van der Waals surface area contributed by atoms with Crippen molar-refractivity contribution in [1.29, 1.82) is 0 Å². The lowest BCUT2D eigenvalue weighted by atomic mass is 9.92. The highest BCUT2D eigenvalue weighted by Crippen LogP contribution is 2.38. The molecule has 1 nitrogen and oxygen atoms in total. The Morgan fingerprint density at radius 3 is 3.07 bits per heavy atom. The molecule has 1 aliphatic carbocycles. The number of hydrogen-bond donors (Lipinski definition) is 0. The maximum absolute atomic E-state index is 4.59. The summed E-state index contributed by atoms with van der Waals surface area (Å²) in [6.07, 6.45) is 8.46. The molecule has 0 fully saturated rings. The monoisotopic (exact) mass is 181 g/mol. The van der Waals surface area contributed by atoms with Gasteiger partial charge >= 0.3 is 0 Å². The molecule has 1 heterocycles. The Labute approximate surface area is 83.5 Å². The second kappa shape index (κ2) is 2.68. The average Bonchev–Trinajstić information content (AvgIpc) is 2.56. The van der Waals surface area contributed by atoms with Crippen molar-refractivity contribution in [3.8, 4) is 0 Å². The molecule has 68 valence electrons. The first-order valence-electron chi connectivity index (χ1n) is 4.88. The molecule has 3 rings (SSSR count). The zero-order valence-corrected chi connectivity index (χ0v) is 8.07. The van der Waals surface area contributed by atoms with Crippen molar-refractivity contribution in [2.24, 2.45) is 4.99 Å². The van der Waals surface area contributed by atoms with E-state index in [-0.39, 0.29) is 0 Å². The number of aliphatic imine (C=N–C) groups is 1. The van der Waals surface area contributed by atoms with E-state index in [0.717, 1.165) is 5.69 Å². The fraction of sp³-hybridized carbons (Fsp3) is 0.154. The van der Waals surface area contributed by atoms with Crippen LogP contribution in [0, 0.1) is 6.92 Å². The topological polar surface area (TPSA) is 12.4 Å². The zero-order chi connectivity index (χ0) is 9.54. The van der Waals surface area contributed by atoms with Crippen molar-refractivity contribution in [2.75, 3.05) is 0 Å². The molecular weight excluding hydrogens is 170 g/mol. The van der Waals surface area contributed by atoms with Crippen molar-refractivity contribution < 1.29 is 0 Å². The van der Waals surface area contributed by atoms with E-state index < -0.39 is 0 Å². The Balaban J connectivity index is 2.20. The third-order valence-corrected chi connectivity index (χ3v) is 2.77. The maximum Gasteiger partial charge on any atom is 0.0675 e. The number of nitrogens with zero attached hydrogens (tertiary/aromatic N) is 1. The molecule has 1 heteroatoms. The molecule has 1 atom stereocenters. The maximum atomic E-state index is 4.59. The summed E-state index contributed by atoms with van der Waals surface area (Å²) in [6, 6.07) is 6.46. The van der Waals surface area contributed by atoms with Crippen LogP contribution in [0.2, 0.25) is 0 Å². The van der Waals surface area contributed by atoms with Crippen LogP contribution in [0.5, 0.6) is 0 Å². The lowest BCUT2D eigenvalue weighted by molar-refractivity contribution is 1.17. The molecule has 1 aromatic rings. The van der Waals surface area contributed by atoms with E-state index in [1.807, 2.05) is 6.08 Å². The second-order valence-electron chi connectivity index (χ2n) is 3.82. The molecule has 1 unspecified atom stereocenters. The summed E-state index contributed by atoms with van der Waals surface area (Å²) in [5, 5.41) is 0. The van der Waals surface area contributed by atoms with Gasteiger partial charge in [0.1, 0.15) is 0 Å². The third-order valence-electron chi connectivity index (χ3n) is 2.77. The molecule has 2 aliphatic rings. The second-order valence-corrected chi connectivity index (χ2v) is 3.82. The molecule has 0 spiro atoms. The van der Waals surface area contributed by atoms with Crippen LogP contribution in [0.1, 0.15) is 17.0 Å². The summed E-state index contributed by atoms with van der Waals surface area (Å²) in [6.45, 7) is 2.13. The summed E-state index contributed by atoms with van der Waals surface area (Å²) in [5.41, 5.74) is 4.96. The summed E-state index contributed by atoms with van der Waals surface area (Å²) in [5.74, 6) is 0.398. The van der Waals surface area contributed by atoms with Gasteiger partial charge in [-0.05, 0) is 24.6 Å². The minimum Gasteiger partial charge on any atom is -0.252 e. The quantitative estimate of drug-likeness (QED) is 0.582. The van der Waals surface area contributed by atoms with Gasteiger partial charge in [-0.3, -0.25) is 4.99 Å². The van der Waals surface area contributed by atoms with E-state index >= 15 is 0 Å². The van der Waals surface area contributed by atoms with E-state index in [4.69, 9.17) is 0 Å². The van der Waals surface area contributed by atoms with Crippen LogP contribution >= 0.6 is 0 Å². The first-order valence-corrected chi connectivity index (χ1v) is 4.88. The van der Waals surface area contributed by atoms with Crippen molar-refractivity contribution in [3.05, 3.63) is 53.6 Å². The zero-order valence-electron chi connectivity index (χ0n) is 8.07. The standard InChI is InChI=1S/C13H11N/c1-9-6-7-13-11(8-9)10-4-2-3-5-12(10)14-13/h2-8,10H,1H3. The van der Waals surface area contributed by atoms with Crippen molar-refractivity contribution in [3.63, 3.8) is 0 Å². The fourth-order valence-electron chi connectivity index (χ4n) is 2.07. The number of aryl methyl sites for hydroxylation is 1. The van der Waals surface area contributed by atoms with Crippen LogP contribution in [-0.2, 0) is 0 Å². The Morgan fingerprint density at radius 2 is 2.14 bits per heavy atom. The van der Waals surface area contributed by atoms with Gasteiger partial charge in [0.15, 0.2) is 0 Å². The van der Waals surface area contributed by atoms with Gasteiger partial charge in [0.05, 0.1) is 11.4 Å². The summed E-state index contributed by atoms with van der Waals surface area (Å²) in [4.78, 5) is 4.59. The first kappa shape index (κ1) is 7.74. The van der Waals surface area contributed by atoms with Gasteiger partial charge in [0.25, 0.3) is 0 Å². The number of allylic oxidation sites excluding steroid dienone is 4. The lowest BCUT2D eigenvalue weighted by Gasteiger charge is -2.10. The van der Waals surface area contributed by atoms with E-state index in [1.165, 1.54) is 16.8 Å². The van der Waals surface area contributed by atoms with E-state index in [1.54, 1.807) is 0 Å². The summed E-state index contributed by atoms with van der Waals surface area (Å²) in [7, 11) is 0. The van der Waals surface area contributed by atoms with E-state index in [9.17, 15) is 0 Å². The Hall–Kier alpha value is -1.63. The molecule has 0 amide bonds. The lowest BCUT2D eigenvalue weighted by Crippen LogP contribution is -2.04. The number of fused-ring (bicyclic) bond motifs is 3. The van der Waals surface area contributed by atoms with Crippen LogP contribution in [-0.4, -0.2) is 5.71 Å². The predicted octanol–water partition coefficient (Wildman–Crippen LogP) is 3.29. The average molecular weight is 181 g/mol. The summed E-state index contributed by atoms with van der Waals surface area (Å²) >= 11 is 0. The SMILES string of the molecule is Cc1ccc2c(c1)C1C=CC=CC1=N2. The van der Waals surface area contributed by atoms with Gasteiger partial charge in [0.2, 0.25) is 0 Å². The Morgan fingerprint density at radius 1 is 1.21 bits per heavy atom. The number of benzene rings is 1. The predicted molar refractivity (Wildman–Crippen MR) is 59.3 cm³/mol. The van der Waals surface area contributed by atoms with Crippen molar-refractivity contribution in [2.45, 2.75) is 12.8 Å². The molecule has 1 aromatic carbocycles. The largest absolute Gasteiger partial charge is 0.252 e. The van der Waals surface area contributed by atoms with Crippen LogP contribution in [0.25, 0.3) is 0 Å². The van der Waals surface area contributed by atoms with Gasteiger partial charge in [-0.2, -0.15) is 0 Å². The first-order chi connectivity index (χ1) is 6.84. The molecular formula is C13H11N. The molecule has 0 aromatic heterocycles. The van der Waals surface area contributed by atoms with Crippen LogP contribution < -0.4 is 0 Å². The highest BCUT2D eigenvalue weighted by atomic mass is 14.8. The normalized spacial score (nSPS) is 21.8. The van der Waals surface area contributed by atoms with Crippen molar-refractivity contribution >= 4 is 11.4 Å². The molecule has 0 saturated heterocycles. The number of hydrogen-bond acceptors (Lipinski definition) is 1. The van der Waals surface area contributed by atoms with Gasteiger partial charge in [-0.1, -0.05) is 35.9 Å². The number of rotatable bonds is 0. The molecule has 0 N–H and O–H groups in total. The highest BCUT2D eigenvalue weighted by molar-refractivity contribution is 6.07. The molecule has 0 radical (unpaired) electrons. The van der Waals surface area contributed by atoms with Gasteiger partial charge < -0.3 is 0 Å². The highest BCUT2D eigenvalue weighted by Gasteiger charge is 2.24. The minimum atomic E-state index is 0.398. The smallest absolute Gasteiger partial charge is 0.0675 e. The minimum absolute atomic E-state index is 0.398. The van der Waals surface area contributed by atoms with E-state index in [0.29, 0.717) is 5.92 Å². The van der Waals surface area contributed by atoms with Gasteiger partial charge in [-0.25, -0.2) is 0 Å². The third kappa shape index (κ3) is 0.987. The van der Waals surface area contributed by atoms with Crippen LogP contribution in [0.15, 0.2) is 47.5 Å². The van der Waals surface area contributed by atoms with Gasteiger partial charge in [0, 0.05) is 5.92 Å². The van der Waals surface area contributed by atoms with Crippen LogP contribution in [0.4, 0.5) is 5.69 Å². The Bertz CT molecular complexity index is 478. The molecule has 14 heavy (non-hydrogen) atoms. The van der Waals surface area contributed by atoms with Gasteiger partial charge in [-0.15, -0.1) is 0 Å². The van der Waals surface area contributed by atoms with Crippen molar-refractivity contribution in [1.82, 2.24) is 0 Å². The molecule has 0 saturated carbocycles. The molecule has 1 aliphatic heterocycles. The fourth-order valence-corrected chi connectivity index (χ4v) is 2.07. The summed E-state index contributed by atoms with van der Waals surface area (Å²) < 4.78 is 0.